The number of ether oxygens (including phenoxy) is 1. The van der Waals surface area contributed by atoms with Gasteiger partial charge in [0, 0.05) is 37.0 Å². The molecule has 7 nitrogen and oxygen atoms in total. The van der Waals surface area contributed by atoms with Crippen LogP contribution in [0.5, 0.6) is 5.75 Å². The predicted molar refractivity (Wildman–Crippen MR) is 107 cm³/mol. The van der Waals surface area contributed by atoms with Gasteiger partial charge in [0.1, 0.15) is 5.75 Å². The lowest BCUT2D eigenvalue weighted by Gasteiger charge is -2.17. The Balaban J connectivity index is 1.61. The summed E-state index contributed by atoms with van der Waals surface area (Å²) in [5.41, 5.74) is 2.03. The Morgan fingerprint density at radius 3 is 2.25 bits per heavy atom. The van der Waals surface area contributed by atoms with E-state index in [9.17, 15) is 14.4 Å². The quantitative estimate of drug-likeness (QED) is 0.805. The van der Waals surface area contributed by atoms with Gasteiger partial charge in [0.2, 0.25) is 17.7 Å². The van der Waals surface area contributed by atoms with Gasteiger partial charge in [-0.05, 0) is 55.5 Å². The minimum atomic E-state index is -0.422. The van der Waals surface area contributed by atoms with Gasteiger partial charge >= 0.3 is 0 Å². The lowest BCUT2D eigenvalue weighted by molar-refractivity contribution is -0.122. The third kappa shape index (κ3) is 4.68. The van der Waals surface area contributed by atoms with E-state index in [4.69, 9.17) is 4.74 Å². The molecule has 1 fully saturated rings. The Morgan fingerprint density at radius 2 is 1.64 bits per heavy atom. The zero-order chi connectivity index (χ0) is 20.1. The number of hydrogen-bond donors (Lipinski definition) is 2. The average Bonchev–Trinajstić information content (AvgIpc) is 3.06. The van der Waals surface area contributed by atoms with Gasteiger partial charge in [0.25, 0.3) is 0 Å². The van der Waals surface area contributed by atoms with E-state index in [0.29, 0.717) is 30.2 Å². The second-order valence-electron chi connectivity index (χ2n) is 6.58. The highest BCUT2D eigenvalue weighted by Crippen LogP contribution is 2.27. The highest BCUT2D eigenvalue weighted by atomic mass is 16.5. The summed E-state index contributed by atoms with van der Waals surface area (Å²) in [4.78, 5) is 37.6. The summed E-state index contributed by atoms with van der Waals surface area (Å²) in [6.45, 7) is 4.25. The number of nitrogens with one attached hydrogen (secondary N) is 2. The second kappa shape index (κ2) is 8.56. The van der Waals surface area contributed by atoms with Gasteiger partial charge in [0.05, 0.1) is 12.5 Å². The van der Waals surface area contributed by atoms with Gasteiger partial charge in [-0.1, -0.05) is 0 Å². The van der Waals surface area contributed by atoms with Crippen LogP contribution in [-0.2, 0) is 14.4 Å². The molecule has 1 heterocycles. The largest absolute Gasteiger partial charge is 0.494 e. The number of anilines is 3. The van der Waals surface area contributed by atoms with Gasteiger partial charge in [-0.2, -0.15) is 0 Å². The maximum Gasteiger partial charge on any atom is 0.229 e. The summed E-state index contributed by atoms with van der Waals surface area (Å²) in [6, 6.07) is 14.1. The smallest absolute Gasteiger partial charge is 0.229 e. The Morgan fingerprint density at radius 1 is 1.04 bits per heavy atom. The Kier molecular flexibility index (Phi) is 5.93. The SMILES string of the molecule is CCOc1ccc(NC(=O)C2CC(=O)N(c3ccc(NC(C)=O)cc3)C2)cc1. The molecule has 1 atom stereocenters. The summed E-state index contributed by atoms with van der Waals surface area (Å²) >= 11 is 0. The van der Waals surface area contributed by atoms with Gasteiger partial charge in [-0.15, -0.1) is 0 Å². The molecular weight excluding hydrogens is 358 g/mol. The van der Waals surface area contributed by atoms with Crippen molar-refractivity contribution in [2.75, 3.05) is 28.7 Å². The number of rotatable bonds is 6. The molecular formula is C21H23N3O4. The highest BCUT2D eigenvalue weighted by Gasteiger charge is 2.35. The predicted octanol–water partition coefficient (Wildman–Crippen LogP) is 3.04. The van der Waals surface area contributed by atoms with Crippen molar-refractivity contribution >= 4 is 34.8 Å². The second-order valence-corrected chi connectivity index (χ2v) is 6.58. The molecule has 7 heteroatoms. The van der Waals surface area contributed by atoms with Crippen LogP contribution in [0.25, 0.3) is 0 Å². The molecule has 3 amide bonds. The fourth-order valence-corrected chi connectivity index (χ4v) is 3.11. The van der Waals surface area contributed by atoms with Crippen LogP contribution in [0.4, 0.5) is 17.1 Å². The Labute approximate surface area is 163 Å². The highest BCUT2D eigenvalue weighted by molar-refractivity contribution is 6.03. The molecule has 0 aromatic heterocycles. The molecule has 0 aliphatic carbocycles. The summed E-state index contributed by atoms with van der Waals surface area (Å²) in [5, 5.41) is 5.54. The summed E-state index contributed by atoms with van der Waals surface area (Å²) < 4.78 is 5.39. The van der Waals surface area contributed by atoms with Crippen molar-refractivity contribution in [3.63, 3.8) is 0 Å². The van der Waals surface area contributed by atoms with E-state index in [1.54, 1.807) is 53.4 Å². The maximum atomic E-state index is 12.6. The van der Waals surface area contributed by atoms with Crippen LogP contribution in [-0.4, -0.2) is 30.9 Å². The fraction of sp³-hybridized carbons (Fsp3) is 0.286. The number of carbonyl (C=O) groups excluding carboxylic acids is 3. The lowest BCUT2D eigenvalue weighted by atomic mass is 10.1. The summed E-state index contributed by atoms with van der Waals surface area (Å²) in [6.07, 6.45) is 0.163. The molecule has 2 aromatic carbocycles. The normalized spacial score (nSPS) is 16.0. The van der Waals surface area contributed by atoms with Crippen molar-refractivity contribution in [2.45, 2.75) is 20.3 Å². The molecule has 1 saturated heterocycles. The molecule has 1 unspecified atom stereocenters. The molecule has 1 aliphatic heterocycles. The zero-order valence-electron chi connectivity index (χ0n) is 15.9. The molecule has 0 spiro atoms. The molecule has 0 radical (unpaired) electrons. The van der Waals surface area contributed by atoms with Crippen molar-refractivity contribution in [3.8, 4) is 5.75 Å². The molecule has 2 N–H and O–H groups in total. The minimum Gasteiger partial charge on any atom is -0.494 e. The topological polar surface area (TPSA) is 87.7 Å². The molecule has 2 aromatic rings. The van der Waals surface area contributed by atoms with E-state index in [1.165, 1.54) is 6.92 Å². The van der Waals surface area contributed by atoms with Crippen molar-refractivity contribution in [1.82, 2.24) is 0 Å². The Bertz CT molecular complexity index is 862. The van der Waals surface area contributed by atoms with Crippen molar-refractivity contribution in [1.29, 1.82) is 0 Å². The van der Waals surface area contributed by atoms with E-state index >= 15 is 0 Å². The van der Waals surface area contributed by atoms with Crippen LogP contribution >= 0.6 is 0 Å². The van der Waals surface area contributed by atoms with E-state index in [1.807, 2.05) is 6.92 Å². The van der Waals surface area contributed by atoms with Crippen LogP contribution in [0.1, 0.15) is 20.3 Å². The fourth-order valence-electron chi connectivity index (χ4n) is 3.11. The molecule has 0 saturated carbocycles. The first-order chi connectivity index (χ1) is 13.5. The van der Waals surface area contributed by atoms with E-state index in [2.05, 4.69) is 10.6 Å². The van der Waals surface area contributed by atoms with Crippen LogP contribution in [0, 0.1) is 5.92 Å². The molecule has 28 heavy (non-hydrogen) atoms. The van der Waals surface area contributed by atoms with Gasteiger partial charge in [-0.25, -0.2) is 0 Å². The van der Waals surface area contributed by atoms with Crippen LogP contribution in [0.2, 0.25) is 0 Å². The molecule has 146 valence electrons. The summed E-state index contributed by atoms with van der Waals surface area (Å²) in [7, 11) is 0. The number of nitrogens with zero attached hydrogens (tertiary/aromatic N) is 1. The van der Waals surface area contributed by atoms with E-state index < -0.39 is 5.92 Å². The first-order valence-electron chi connectivity index (χ1n) is 9.18. The van der Waals surface area contributed by atoms with Gasteiger partial charge < -0.3 is 20.3 Å². The number of amides is 3. The van der Waals surface area contributed by atoms with E-state index in [0.717, 1.165) is 5.75 Å². The number of hydrogen-bond acceptors (Lipinski definition) is 4. The van der Waals surface area contributed by atoms with Crippen LogP contribution in [0.3, 0.4) is 0 Å². The minimum absolute atomic E-state index is 0.0980. The molecule has 3 rings (SSSR count). The maximum absolute atomic E-state index is 12.6. The summed E-state index contributed by atoms with van der Waals surface area (Å²) in [5.74, 6) is -0.121. The van der Waals surface area contributed by atoms with Crippen molar-refractivity contribution < 1.29 is 19.1 Å². The zero-order valence-corrected chi connectivity index (χ0v) is 15.9. The third-order valence-corrected chi connectivity index (χ3v) is 4.43. The first kappa shape index (κ1) is 19.4. The first-order valence-corrected chi connectivity index (χ1v) is 9.18. The van der Waals surface area contributed by atoms with Crippen molar-refractivity contribution in [2.24, 2.45) is 5.92 Å². The Hall–Kier alpha value is -3.35. The third-order valence-electron chi connectivity index (χ3n) is 4.43. The van der Waals surface area contributed by atoms with Crippen molar-refractivity contribution in [3.05, 3.63) is 48.5 Å². The van der Waals surface area contributed by atoms with Gasteiger partial charge in [0.15, 0.2) is 0 Å². The number of benzene rings is 2. The van der Waals surface area contributed by atoms with Crippen LogP contribution < -0.4 is 20.3 Å². The molecule has 0 bridgehead atoms. The monoisotopic (exact) mass is 381 g/mol. The number of carbonyl (C=O) groups is 3. The van der Waals surface area contributed by atoms with Crippen LogP contribution in [0.15, 0.2) is 48.5 Å². The standard InChI is InChI=1S/C21H23N3O4/c1-3-28-19-10-6-17(7-11-19)23-21(27)15-12-20(26)24(13-15)18-8-4-16(5-9-18)22-14(2)25/h4-11,15H,3,12-13H2,1-2H3,(H,22,25)(H,23,27). The lowest BCUT2D eigenvalue weighted by Crippen LogP contribution is -2.28. The molecule has 1 aliphatic rings. The average molecular weight is 381 g/mol. The van der Waals surface area contributed by atoms with Gasteiger partial charge in [-0.3, -0.25) is 14.4 Å². The van der Waals surface area contributed by atoms with E-state index in [-0.39, 0.29) is 24.1 Å².